The molecule has 0 saturated heterocycles. The van der Waals surface area contributed by atoms with Crippen LogP contribution >= 0.6 is 23.4 Å². The summed E-state index contributed by atoms with van der Waals surface area (Å²) in [5, 5.41) is 6.23. The van der Waals surface area contributed by atoms with Crippen molar-refractivity contribution in [2.45, 2.75) is 32.2 Å². The average Bonchev–Trinajstić information content (AvgIpc) is 3.22. The topological polar surface area (TPSA) is 71.0 Å². The number of carbonyl (C=O) groups excluding carboxylic acids is 2. The van der Waals surface area contributed by atoms with E-state index in [1.165, 1.54) is 24.4 Å². The number of aryl methyl sites for hydroxylation is 1. The van der Waals surface area contributed by atoms with E-state index in [4.69, 9.17) is 16.3 Å². The van der Waals surface area contributed by atoms with Gasteiger partial charge in [0, 0.05) is 17.3 Å². The summed E-state index contributed by atoms with van der Waals surface area (Å²) in [6.45, 7) is 2.39. The zero-order chi connectivity index (χ0) is 24.1. The summed E-state index contributed by atoms with van der Waals surface area (Å²) in [6.07, 6.45) is 1.95. The van der Waals surface area contributed by atoms with E-state index < -0.39 is 12.0 Å². The van der Waals surface area contributed by atoms with Crippen molar-refractivity contribution in [3.63, 3.8) is 0 Å². The van der Waals surface area contributed by atoms with Crippen molar-refractivity contribution in [2.24, 2.45) is 4.99 Å². The number of aliphatic imine (C=N–C) groups is 1. The Morgan fingerprint density at radius 3 is 2.71 bits per heavy atom. The van der Waals surface area contributed by atoms with E-state index in [1.54, 1.807) is 13.0 Å². The van der Waals surface area contributed by atoms with Crippen LogP contribution in [0.3, 0.4) is 0 Å². The number of halogens is 1. The Labute approximate surface area is 208 Å². The minimum absolute atomic E-state index is 0.0723. The molecule has 0 bridgehead atoms. The number of methoxy groups -OCH3 is 1. The highest BCUT2D eigenvalue weighted by Gasteiger charge is 2.41. The molecule has 2 aromatic rings. The van der Waals surface area contributed by atoms with Gasteiger partial charge in [-0.3, -0.25) is 4.79 Å². The maximum Gasteiger partial charge on any atom is 0.338 e. The molecule has 34 heavy (non-hydrogen) atoms. The minimum Gasteiger partial charge on any atom is -0.466 e. The molecule has 8 heteroatoms. The summed E-state index contributed by atoms with van der Waals surface area (Å²) in [6, 6.07) is 17.1. The zero-order valence-corrected chi connectivity index (χ0v) is 20.7. The number of amides is 1. The van der Waals surface area contributed by atoms with E-state index in [9.17, 15) is 9.59 Å². The third-order valence-corrected chi connectivity index (χ3v) is 6.84. The molecule has 2 aliphatic heterocycles. The van der Waals surface area contributed by atoms with Gasteiger partial charge in [0.05, 0.1) is 30.8 Å². The number of amidine groups is 1. The number of nitrogens with zero attached hydrogens (tertiary/aromatic N) is 2. The van der Waals surface area contributed by atoms with Gasteiger partial charge in [-0.1, -0.05) is 65.8 Å². The molecule has 0 aliphatic carbocycles. The average molecular weight is 496 g/mol. The Kier molecular flexibility index (Phi) is 7.75. The molecule has 0 radical (unpaired) electrons. The van der Waals surface area contributed by atoms with E-state index in [0.717, 1.165) is 29.3 Å². The van der Waals surface area contributed by atoms with Crippen molar-refractivity contribution in [3.8, 4) is 0 Å². The summed E-state index contributed by atoms with van der Waals surface area (Å²) in [4.78, 5) is 32.1. The lowest BCUT2D eigenvalue weighted by Gasteiger charge is -2.36. The smallest absolute Gasteiger partial charge is 0.338 e. The first-order valence-corrected chi connectivity index (χ1v) is 12.3. The van der Waals surface area contributed by atoms with Crippen molar-refractivity contribution in [2.75, 3.05) is 13.7 Å². The normalized spacial score (nSPS) is 17.1. The largest absolute Gasteiger partial charge is 0.466 e. The number of esters is 1. The monoisotopic (exact) mass is 495 g/mol. The molecular weight excluding hydrogens is 470 g/mol. The van der Waals surface area contributed by atoms with Gasteiger partial charge in [0.25, 0.3) is 0 Å². The van der Waals surface area contributed by atoms with E-state index in [-0.39, 0.29) is 12.3 Å². The summed E-state index contributed by atoms with van der Waals surface area (Å²) in [5.41, 5.74) is 3.89. The molecule has 1 N–H and O–H groups in total. The number of rotatable bonds is 8. The number of hydrogen-bond acceptors (Lipinski definition) is 6. The summed E-state index contributed by atoms with van der Waals surface area (Å²) in [7, 11) is 1.36. The van der Waals surface area contributed by atoms with Crippen molar-refractivity contribution < 1.29 is 14.3 Å². The molecular formula is C26H26ClN3O3S. The van der Waals surface area contributed by atoms with Gasteiger partial charge in [-0.05, 0) is 48.4 Å². The van der Waals surface area contributed by atoms with Crippen molar-refractivity contribution in [1.82, 2.24) is 10.2 Å². The van der Waals surface area contributed by atoms with E-state index in [0.29, 0.717) is 22.8 Å². The highest BCUT2D eigenvalue weighted by Crippen LogP contribution is 2.45. The molecule has 0 aromatic heterocycles. The zero-order valence-electron chi connectivity index (χ0n) is 19.1. The van der Waals surface area contributed by atoms with Crippen LogP contribution in [0, 0.1) is 0 Å². The number of thioether (sulfide) groups is 1. The number of ether oxygens (including phenoxy) is 1. The fourth-order valence-electron chi connectivity index (χ4n) is 4.12. The lowest BCUT2D eigenvalue weighted by atomic mass is 9.94. The predicted molar refractivity (Wildman–Crippen MR) is 136 cm³/mol. The van der Waals surface area contributed by atoms with Gasteiger partial charge in [-0.25, -0.2) is 9.79 Å². The van der Waals surface area contributed by atoms with Gasteiger partial charge < -0.3 is 15.0 Å². The van der Waals surface area contributed by atoms with Crippen LogP contribution in [-0.2, 0) is 20.7 Å². The standard InChI is InChI=1S/C26H26ClN3O3S/c1-17-23(25(32)33-2)24(19-11-6-12-20(27)14-19)30-21(16-34-26(30)29-17)15-22(31)28-13-7-10-18-8-4-3-5-9-18/h3-6,8-9,11-12,14,16,24H,7,10,13,15H2,1-2H3,(H,28,31). The van der Waals surface area contributed by atoms with Crippen LogP contribution < -0.4 is 5.32 Å². The highest BCUT2D eigenvalue weighted by molar-refractivity contribution is 8.16. The first kappa shape index (κ1) is 24.1. The van der Waals surface area contributed by atoms with Gasteiger partial charge in [0.15, 0.2) is 5.17 Å². The lowest BCUT2D eigenvalue weighted by molar-refractivity contribution is -0.136. The number of hydrogen-bond donors (Lipinski definition) is 1. The summed E-state index contributed by atoms with van der Waals surface area (Å²) in [5.74, 6) is -0.524. The van der Waals surface area contributed by atoms with Crippen LogP contribution in [0.15, 0.2) is 82.0 Å². The Bertz CT molecular complexity index is 1180. The maximum absolute atomic E-state index is 12.8. The van der Waals surface area contributed by atoms with Crippen LogP contribution in [0.1, 0.15) is 36.9 Å². The second-order valence-electron chi connectivity index (χ2n) is 8.06. The lowest BCUT2D eigenvalue weighted by Crippen LogP contribution is -2.38. The Morgan fingerprint density at radius 1 is 1.18 bits per heavy atom. The second-order valence-corrected chi connectivity index (χ2v) is 9.33. The predicted octanol–water partition coefficient (Wildman–Crippen LogP) is 5.23. The number of benzene rings is 2. The van der Waals surface area contributed by atoms with Crippen LogP contribution in [-0.4, -0.2) is 35.6 Å². The molecule has 1 atom stereocenters. The number of allylic oxidation sites excluding steroid dienone is 1. The van der Waals surface area contributed by atoms with Crippen molar-refractivity contribution in [3.05, 3.63) is 93.1 Å². The molecule has 2 heterocycles. The van der Waals surface area contributed by atoms with Crippen LogP contribution in [0.4, 0.5) is 0 Å². The molecule has 1 amide bonds. The van der Waals surface area contributed by atoms with Gasteiger partial charge in [-0.15, -0.1) is 0 Å². The number of nitrogens with one attached hydrogen (secondary N) is 1. The summed E-state index contributed by atoms with van der Waals surface area (Å²) < 4.78 is 5.08. The number of carbonyl (C=O) groups is 2. The van der Waals surface area contributed by atoms with Gasteiger partial charge >= 0.3 is 5.97 Å². The SMILES string of the molecule is COC(=O)C1=C(C)N=C2SC=C(CC(=O)NCCCc3ccccc3)N2C1c1cccc(Cl)c1. The molecule has 0 saturated carbocycles. The Balaban J connectivity index is 1.49. The van der Waals surface area contributed by atoms with Gasteiger partial charge in [0.2, 0.25) is 5.91 Å². The second kappa shape index (κ2) is 10.9. The van der Waals surface area contributed by atoms with Crippen molar-refractivity contribution >= 4 is 40.4 Å². The first-order chi connectivity index (χ1) is 16.5. The van der Waals surface area contributed by atoms with Crippen LogP contribution in [0.2, 0.25) is 5.02 Å². The quantitative estimate of drug-likeness (QED) is 0.401. The highest BCUT2D eigenvalue weighted by atomic mass is 35.5. The molecule has 176 valence electrons. The third-order valence-electron chi connectivity index (χ3n) is 5.72. The third kappa shape index (κ3) is 5.37. The Hall–Kier alpha value is -3.03. The summed E-state index contributed by atoms with van der Waals surface area (Å²) >= 11 is 7.72. The van der Waals surface area contributed by atoms with E-state index in [2.05, 4.69) is 22.4 Å². The molecule has 2 aromatic carbocycles. The molecule has 4 rings (SSSR count). The van der Waals surface area contributed by atoms with Crippen LogP contribution in [0.25, 0.3) is 0 Å². The fourth-order valence-corrected chi connectivity index (χ4v) is 5.29. The minimum atomic E-state index is -0.481. The van der Waals surface area contributed by atoms with E-state index >= 15 is 0 Å². The molecule has 1 unspecified atom stereocenters. The van der Waals surface area contributed by atoms with Crippen molar-refractivity contribution in [1.29, 1.82) is 0 Å². The first-order valence-electron chi connectivity index (χ1n) is 11.1. The van der Waals surface area contributed by atoms with Gasteiger partial charge in [-0.2, -0.15) is 0 Å². The molecule has 2 aliphatic rings. The molecule has 0 fully saturated rings. The number of fused-ring (bicyclic) bond motifs is 1. The van der Waals surface area contributed by atoms with Gasteiger partial charge in [0.1, 0.15) is 0 Å². The Morgan fingerprint density at radius 2 is 1.97 bits per heavy atom. The molecule has 0 spiro atoms. The van der Waals surface area contributed by atoms with Crippen LogP contribution in [0.5, 0.6) is 0 Å². The van der Waals surface area contributed by atoms with E-state index in [1.807, 2.05) is 46.7 Å². The molecule has 6 nitrogen and oxygen atoms in total. The fraction of sp³-hybridized carbons (Fsp3) is 0.269. The maximum atomic E-state index is 12.8.